The summed E-state index contributed by atoms with van der Waals surface area (Å²) >= 11 is 0. The van der Waals surface area contributed by atoms with Crippen LogP contribution in [0.25, 0.3) is 0 Å². The summed E-state index contributed by atoms with van der Waals surface area (Å²) in [6, 6.07) is 0.345. The quantitative estimate of drug-likeness (QED) is 0.813. The molecule has 3 aliphatic rings. The molecule has 1 aliphatic heterocycles. The highest BCUT2D eigenvalue weighted by molar-refractivity contribution is 5.85. The lowest BCUT2D eigenvalue weighted by Gasteiger charge is -2.30. The van der Waals surface area contributed by atoms with Crippen LogP contribution in [0.5, 0.6) is 0 Å². The van der Waals surface area contributed by atoms with Gasteiger partial charge in [-0.05, 0) is 57.3 Å². The molecule has 2 N–H and O–H groups in total. The molecule has 1 amide bonds. The lowest BCUT2D eigenvalue weighted by atomic mass is 9.85. The van der Waals surface area contributed by atoms with Gasteiger partial charge >= 0.3 is 0 Å². The number of nitrogens with one attached hydrogen (secondary N) is 2. The summed E-state index contributed by atoms with van der Waals surface area (Å²) in [5, 5.41) is 10.5. The molecule has 1 saturated heterocycles. The number of aromatic amines is 1. The number of likely N-dealkylation sites (tertiary alicyclic amines) is 1. The average molecular weight is 367 g/mol. The van der Waals surface area contributed by atoms with Crippen molar-refractivity contribution in [1.82, 2.24) is 20.4 Å². The zero-order chi connectivity index (χ0) is 16.7. The molecule has 4 rings (SSSR count). The number of nitrogens with zero attached hydrogens (tertiary/aromatic N) is 2. The van der Waals surface area contributed by atoms with Gasteiger partial charge in [0.2, 0.25) is 5.91 Å². The molecule has 25 heavy (non-hydrogen) atoms. The Morgan fingerprint density at radius 1 is 1.24 bits per heavy atom. The van der Waals surface area contributed by atoms with Gasteiger partial charge in [-0.3, -0.25) is 9.89 Å². The third kappa shape index (κ3) is 4.20. The molecule has 2 atom stereocenters. The Hall–Kier alpha value is -1.07. The fraction of sp³-hybridized carbons (Fsp3) is 0.789. The number of hydrogen-bond acceptors (Lipinski definition) is 3. The molecule has 3 fully saturated rings. The maximum atomic E-state index is 12.6. The molecule has 0 aromatic carbocycles. The minimum Gasteiger partial charge on any atom is -0.351 e. The molecule has 1 aromatic rings. The summed E-state index contributed by atoms with van der Waals surface area (Å²) in [4.78, 5) is 15.2. The SMILES string of the molecule is Cc1n[nH]c(C)c1CC(=O)N[C@H]1CN(CC2CCC2)C[C@@H]1C1CC1.Cl. The highest BCUT2D eigenvalue weighted by Crippen LogP contribution is 2.42. The van der Waals surface area contributed by atoms with Crippen LogP contribution < -0.4 is 5.32 Å². The third-order valence-corrected chi connectivity index (χ3v) is 6.37. The highest BCUT2D eigenvalue weighted by atomic mass is 35.5. The second-order valence-electron chi connectivity index (χ2n) is 8.28. The molecule has 140 valence electrons. The molecule has 0 spiro atoms. The van der Waals surface area contributed by atoms with Crippen molar-refractivity contribution in [3.63, 3.8) is 0 Å². The normalized spacial score (nSPS) is 27.0. The number of aromatic nitrogens is 2. The van der Waals surface area contributed by atoms with E-state index in [0.717, 1.165) is 35.3 Å². The van der Waals surface area contributed by atoms with Crippen molar-refractivity contribution in [2.45, 2.75) is 58.4 Å². The van der Waals surface area contributed by atoms with Gasteiger partial charge in [-0.2, -0.15) is 5.10 Å². The highest BCUT2D eigenvalue weighted by Gasteiger charge is 2.43. The van der Waals surface area contributed by atoms with Gasteiger partial charge in [-0.1, -0.05) is 6.42 Å². The molecule has 6 heteroatoms. The van der Waals surface area contributed by atoms with E-state index in [-0.39, 0.29) is 18.3 Å². The van der Waals surface area contributed by atoms with Crippen molar-refractivity contribution in [1.29, 1.82) is 0 Å². The molecule has 2 heterocycles. The molecular weight excluding hydrogens is 336 g/mol. The van der Waals surface area contributed by atoms with E-state index in [4.69, 9.17) is 0 Å². The number of carbonyl (C=O) groups is 1. The van der Waals surface area contributed by atoms with Crippen molar-refractivity contribution in [3.8, 4) is 0 Å². The fourth-order valence-corrected chi connectivity index (χ4v) is 4.51. The molecular formula is C19H31ClN4O. The molecule has 0 bridgehead atoms. The molecule has 2 aliphatic carbocycles. The second-order valence-corrected chi connectivity index (χ2v) is 8.28. The fourth-order valence-electron chi connectivity index (χ4n) is 4.51. The summed E-state index contributed by atoms with van der Waals surface area (Å²) < 4.78 is 0. The van der Waals surface area contributed by atoms with Gasteiger partial charge in [0.25, 0.3) is 0 Å². The van der Waals surface area contributed by atoms with Crippen LogP contribution in [-0.4, -0.2) is 46.7 Å². The molecule has 1 aromatic heterocycles. The minimum absolute atomic E-state index is 0. The predicted octanol–water partition coefficient (Wildman–Crippen LogP) is 2.62. The van der Waals surface area contributed by atoms with Gasteiger partial charge in [0, 0.05) is 36.9 Å². The number of carbonyl (C=O) groups excluding carboxylic acids is 1. The minimum atomic E-state index is 0. The van der Waals surface area contributed by atoms with E-state index in [2.05, 4.69) is 20.4 Å². The Morgan fingerprint density at radius 3 is 2.56 bits per heavy atom. The van der Waals surface area contributed by atoms with Gasteiger partial charge in [0.1, 0.15) is 0 Å². The smallest absolute Gasteiger partial charge is 0.224 e. The van der Waals surface area contributed by atoms with Crippen LogP contribution >= 0.6 is 12.4 Å². The summed E-state index contributed by atoms with van der Waals surface area (Å²) in [5.41, 5.74) is 3.01. The van der Waals surface area contributed by atoms with Crippen molar-refractivity contribution >= 4 is 18.3 Å². The van der Waals surface area contributed by atoms with Crippen LogP contribution in [0.3, 0.4) is 0 Å². The average Bonchev–Trinajstić information content (AvgIpc) is 3.21. The standard InChI is InChI=1S/C19H30N4O.ClH/c1-12-16(13(2)22-21-12)8-19(24)20-18-11-23(9-14-4-3-5-14)10-17(18)15-6-7-15;/h14-15,17-18H,3-11H2,1-2H3,(H,20,24)(H,21,22);1H/t17-,18+;/m1./s1. The zero-order valence-electron chi connectivity index (χ0n) is 15.4. The van der Waals surface area contributed by atoms with Crippen LogP contribution in [0, 0.1) is 31.6 Å². The first-order chi connectivity index (χ1) is 11.6. The number of amides is 1. The van der Waals surface area contributed by atoms with Crippen molar-refractivity contribution in [2.75, 3.05) is 19.6 Å². The first kappa shape index (κ1) is 18.7. The van der Waals surface area contributed by atoms with E-state index >= 15 is 0 Å². The van der Waals surface area contributed by atoms with E-state index in [0.29, 0.717) is 18.4 Å². The molecule has 0 unspecified atom stereocenters. The number of halogens is 1. The first-order valence-electron chi connectivity index (χ1n) is 9.62. The summed E-state index contributed by atoms with van der Waals surface area (Å²) in [6.45, 7) is 7.44. The second kappa shape index (κ2) is 7.67. The van der Waals surface area contributed by atoms with E-state index in [1.54, 1.807) is 0 Å². The van der Waals surface area contributed by atoms with Gasteiger partial charge in [0.15, 0.2) is 0 Å². The Kier molecular flexibility index (Phi) is 5.74. The maximum absolute atomic E-state index is 12.6. The van der Waals surface area contributed by atoms with Crippen molar-refractivity contribution in [2.24, 2.45) is 17.8 Å². The van der Waals surface area contributed by atoms with Crippen LogP contribution in [0.15, 0.2) is 0 Å². The summed E-state index contributed by atoms with van der Waals surface area (Å²) in [5.74, 6) is 2.58. The maximum Gasteiger partial charge on any atom is 0.224 e. The number of H-pyrrole nitrogens is 1. The summed E-state index contributed by atoms with van der Waals surface area (Å²) in [6.07, 6.45) is 7.38. The zero-order valence-corrected chi connectivity index (χ0v) is 16.2. The van der Waals surface area contributed by atoms with E-state index in [1.807, 2.05) is 13.8 Å². The van der Waals surface area contributed by atoms with Gasteiger partial charge in [-0.15, -0.1) is 12.4 Å². The van der Waals surface area contributed by atoms with Crippen LogP contribution in [-0.2, 0) is 11.2 Å². The predicted molar refractivity (Wildman–Crippen MR) is 101 cm³/mol. The Balaban J connectivity index is 0.00000182. The largest absolute Gasteiger partial charge is 0.351 e. The Morgan fingerprint density at radius 2 is 2.00 bits per heavy atom. The van der Waals surface area contributed by atoms with Gasteiger partial charge < -0.3 is 10.2 Å². The van der Waals surface area contributed by atoms with Crippen LogP contribution in [0.4, 0.5) is 0 Å². The van der Waals surface area contributed by atoms with Gasteiger partial charge in [0.05, 0.1) is 12.1 Å². The van der Waals surface area contributed by atoms with Crippen molar-refractivity contribution < 1.29 is 4.79 Å². The van der Waals surface area contributed by atoms with Gasteiger partial charge in [-0.25, -0.2) is 0 Å². The Bertz CT molecular complexity index is 589. The Labute approximate surface area is 156 Å². The number of aryl methyl sites for hydroxylation is 2. The van der Waals surface area contributed by atoms with Crippen molar-refractivity contribution in [3.05, 3.63) is 17.0 Å². The number of rotatable bonds is 6. The topological polar surface area (TPSA) is 61.0 Å². The lowest BCUT2D eigenvalue weighted by molar-refractivity contribution is -0.121. The lowest BCUT2D eigenvalue weighted by Crippen LogP contribution is -2.42. The van der Waals surface area contributed by atoms with E-state index in [9.17, 15) is 4.79 Å². The van der Waals surface area contributed by atoms with Crippen LogP contribution in [0.2, 0.25) is 0 Å². The van der Waals surface area contributed by atoms with E-state index < -0.39 is 0 Å². The van der Waals surface area contributed by atoms with E-state index in [1.165, 1.54) is 45.2 Å². The first-order valence-corrected chi connectivity index (χ1v) is 9.62. The monoisotopic (exact) mass is 366 g/mol. The summed E-state index contributed by atoms with van der Waals surface area (Å²) in [7, 11) is 0. The third-order valence-electron chi connectivity index (χ3n) is 6.37. The molecule has 5 nitrogen and oxygen atoms in total. The van der Waals surface area contributed by atoms with Crippen LogP contribution in [0.1, 0.15) is 49.1 Å². The molecule has 2 saturated carbocycles. The number of hydrogen-bond donors (Lipinski definition) is 2. The molecule has 0 radical (unpaired) electrons.